The highest BCUT2D eigenvalue weighted by Gasteiger charge is 2.03. The summed E-state index contributed by atoms with van der Waals surface area (Å²) in [4.78, 5) is 11.7. The SMILES string of the molecule is Cc1cccn(Cc2ccccc2F)c1=O. The minimum atomic E-state index is -0.282. The van der Waals surface area contributed by atoms with E-state index in [4.69, 9.17) is 0 Å². The van der Waals surface area contributed by atoms with Crippen LogP contribution in [0.3, 0.4) is 0 Å². The maximum Gasteiger partial charge on any atom is 0.253 e. The molecule has 3 heteroatoms. The van der Waals surface area contributed by atoms with Gasteiger partial charge in [-0.1, -0.05) is 24.3 Å². The van der Waals surface area contributed by atoms with Gasteiger partial charge in [-0.15, -0.1) is 0 Å². The van der Waals surface area contributed by atoms with Crippen LogP contribution in [0.2, 0.25) is 0 Å². The van der Waals surface area contributed by atoms with Crippen LogP contribution < -0.4 is 5.56 Å². The van der Waals surface area contributed by atoms with Gasteiger partial charge in [0.05, 0.1) is 6.54 Å². The lowest BCUT2D eigenvalue weighted by Crippen LogP contribution is -2.22. The van der Waals surface area contributed by atoms with Crippen LogP contribution in [0.25, 0.3) is 0 Å². The minimum absolute atomic E-state index is 0.0780. The molecule has 2 nitrogen and oxygen atoms in total. The molecule has 0 atom stereocenters. The van der Waals surface area contributed by atoms with Gasteiger partial charge in [-0.25, -0.2) is 4.39 Å². The molecule has 0 aliphatic rings. The number of pyridine rings is 1. The zero-order chi connectivity index (χ0) is 11.5. The van der Waals surface area contributed by atoms with Gasteiger partial charge in [0.25, 0.3) is 5.56 Å². The van der Waals surface area contributed by atoms with Crippen LogP contribution in [0.4, 0.5) is 4.39 Å². The van der Waals surface area contributed by atoms with Gasteiger partial charge in [0.1, 0.15) is 5.82 Å². The summed E-state index contributed by atoms with van der Waals surface area (Å²) in [5.74, 6) is -0.282. The fraction of sp³-hybridized carbons (Fsp3) is 0.154. The summed E-state index contributed by atoms with van der Waals surface area (Å²) in [5.41, 5.74) is 1.11. The average Bonchev–Trinajstić information content (AvgIpc) is 2.28. The van der Waals surface area contributed by atoms with Crippen LogP contribution in [0, 0.1) is 12.7 Å². The van der Waals surface area contributed by atoms with E-state index in [0.717, 1.165) is 0 Å². The van der Waals surface area contributed by atoms with Crippen LogP contribution in [0.15, 0.2) is 47.4 Å². The molecule has 0 spiro atoms. The topological polar surface area (TPSA) is 22.0 Å². The van der Waals surface area contributed by atoms with Gasteiger partial charge in [0.2, 0.25) is 0 Å². The second-order valence-electron chi connectivity index (χ2n) is 3.72. The van der Waals surface area contributed by atoms with Crippen molar-refractivity contribution in [3.8, 4) is 0 Å². The van der Waals surface area contributed by atoms with Gasteiger partial charge < -0.3 is 4.57 Å². The molecule has 0 unspecified atom stereocenters. The Kier molecular flexibility index (Phi) is 2.86. The molecule has 16 heavy (non-hydrogen) atoms. The number of hydrogen-bond donors (Lipinski definition) is 0. The number of rotatable bonds is 2. The zero-order valence-corrected chi connectivity index (χ0v) is 8.98. The molecule has 2 rings (SSSR count). The standard InChI is InChI=1S/C13H12FNO/c1-10-5-4-8-15(13(10)16)9-11-6-2-3-7-12(11)14/h2-8H,9H2,1H3. The number of aromatic nitrogens is 1. The van der Waals surface area contributed by atoms with Gasteiger partial charge in [0, 0.05) is 17.3 Å². The Morgan fingerprint density at radius 1 is 1.19 bits per heavy atom. The van der Waals surface area contributed by atoms with Crippen molar-refractivity contribution in [2.24, 2.45) is 0 Å². The minimum Gasteiger partial charge on any atom is -0.311 e. The lowest BCUT2D eigenvalue weighted by molar-refractivity contribution is 0.595. The molecular formula is C13H12FNO. The van der Waals surface area contributed by atoms with Crippen molar-refractivity contribution in [3.05, 3.63) is 69.9 Å². The van der Waals surface area contributed by atoms with E-state index in [1.54, 1.807) is 43.5 Å². The third-order valence-electron chi connectivity index (χ3n) is 2.51. The zero-order valence-electron chi connectivity index (χ0n) is 8.98. The van der Waals surface area contributed by atoms with Crippen molar-refractivity contribution in [1.82, 2.24) is 4.57 Å². The summed E-state index contributed by atoms with van der Waals surface area (Å²) < 4.78 is 14.9. The summed E-state index contributed by atoms with van der Waals surface area (Å²) in [6, 6.07) is 10.0. The van der Waals surface area contributed by atoms with E-state index in [0.29, 0.717) is 11.1 Å². The Hall–Kier alpha value is -1.90. The quantitative estimate of drug-likeness (QED) is 0.756. The highest BCUT2D eigenvalue weighted by molar-refractivity contribution is 5.18. The Labute approximate surface area is 93.0 Å². The third kappa shape index (κ3) is 2.03. The first-order valence-electron chi connectivity index (χ1n) is 5.08. The monoisotopic (exact) mass is 217 g/mol. The summed E-state index contributed by atoms with van der Waals surface area (Å²) in [6.45, 7) is 2.02. The number of benzene rings is 1. The predicted molar refractivity (Wildman–Crippen MR) is 60.9 cm³/mol. The molecule has 1 aromatic heterocycles. The van der Waals surface area contributed by atoms with Crippen LogP contribution in [0.1, 0.15) is 11.1 Å². The first-order chi connectivity index (χ1) is 7.68. The first-order valence-corrected chi connectivity index (χ1v) is 5.08. The number of nitrogens with zero attached hydrogens (tertiary/aromatic N) is 1. The molecule has 0 saturated heterocycles. The van der Waals surface area contributed by atoms with Crippen LogP contribution >= 0.6 is 0 Å². The average molecular weight is 217 g/mol. The third-order valence-corrected chi connectivity index (χ3v) is 2.51. The maximum absolute atomic E-state index is 13.4. The number of hydrogen-bond acceptors (Lipinski definition) is 1. The summed E-state index contributed by atoms with van der Waals surface area (Å²) >= 11 is 0. The largest absolute Gasteiger partial charge is 0.311 e. The number of aryl methyl sites for hydroxylation is 1. The smallest absolute Gasteiger partial charge is 0.253 e. The Balaban J connectivity index is 2.39. The first kappa shape index (κ1) is 10.6. The molecular weight excluding hydrogens is 205 g/mol. The molecule has 1 heterocycles. The molecule has 1 aromatic carbocycles. The molecule has 0 aliphatic carbocycles. The molecule has 0 saturated carbocycles. The highest BCUT2D eigenvalue weighted by Crippen LogP contribution is 2.07. The van der Waals surface area contributed by atoms with Crippen molar-refractivity contribution >= 4 is 0 Å². The van der Waals surface area contributed by atoms with Crippen LogP contribution in [-0.4, -0.2) is 4.57 Å². The van der Waals surface area contributed by atoms with Crippen molar-refractivity contribution < 1.29 is 4.39 Å². The molecule has 0 amide bonds. The lowest BCUT2D eigenvalue weighted by atomic mass is 10.2. The van der Waals surface area contributed by atoms with Crippen LogP contribution in [-0.2, 0) is 6.54 Å². The molecule has 82 valence electrons. The molecule has 0 N–H and O–H groups in total. The molecule has 0 radical (unpaired) electrons. The number of halogens is 1. The van der Waals surface area contributed by atoms with E-state index in [9.17, 15) is 9.18 Å². The van der Waals surface area contributed by atoms with Gasteiger partial charge in [0.15, 0.2) is 0 Å². The summed E-state index contributed by atoms with van der Waals surface area (Å²) in [7, 11) is 0. The van der Waals surface area contributed by atoms with Crippen LogP contribution in [0.5, 0.6) is 0 Å². The van der Waals surface area contributed by atoms with E-state index in [1.165, 1.54) is 10.6 Å². The Bertz CT molecular complexity index is 560. The van der Waals surface area contributed by atoms with Crippen molar-refractivity contribution in [2.75, 3.05) is 0 Å². The maximum atomic E-state index is 13.4. The molecule has 2 aromatic rings. The molecule has 0 fully saturated rings. The van der Waals surface area contributed by atoms with Gasteiger partial charge in [-0.3, -0.25) is 4.79 Å². The fourth-order valence-corrected chi connectivity index (χ4v) is 1.59. The van der Waals surface area contributed by atoms with Gasteiger partial charge >= 0.3 is 0 Å². The Morgan fingerprint density at radius 2 is 1.94 bits per heavy atom. The van der Waals surface area contributed by atoms with E-state index in [2.05, 4.69) is 0 Å². The fourth-order valence-electron chi connectivity index (χ4n) is 1.59. The Morgan fingerprint density at radius 3 is 2.69 bits per heavy atom. The summed E-state index contributed by atoms with van der Waals surface area (Å²) in [6.07, 6.45) is 1.67. The van der Waals surface area contributed by atoms with E-state index in [-0.39, 0.29) is 17.9 Å². The predicted octanol–water partition coefficient (Wildman–Crippen LogP) is 2.34. The highest BCUT2D eigenvalue weighted by atomic mass is 19.1. The van der Waals surface area contributed by atoms with Gasteiger partial charge in [-0.05, 0) is 19.1 Å². The normalized spacial score (nSPS) is 10.4. The lowest BCUT2D eigenvalue weighted by Gasteiger charge is -2.07. The summed E-state index contributed by atoms with van der Waals surface area (Å²) in [5, 5.41) is 0. The van der Waals surface area contributed by atoms with E-state index in [1.807, 2.05) is 0 Å². The van der Waals surface area contributed by atoms with E-state index < -0.39 is 0 Å². The molecule has 0 aliphatic heterocycles. The second kappa shape index (κ2) is 4.31. The van der Waals surface area contributed by atoms with E-state index >= 15 is 0 Å². The van der Waals surface area contributed by atoms with Crippen molar-refractivity contribution in [2.45, 2.75) is 13.5 Å². The van der Waals surface area contributed by atoms with Crippen molar-refractivity contribution in [1.29, 1.82) is 0 Å². The molecule has 0 bridgehead atoms. The second-order valence-corrected chi connectivity index (χ2v) is 3.72. The van der Waals surface area contributed by atoms with Crippen molar-refractivity contribution in [3.63, 3.8) is 0 Å². The van der Waals surface area contributed by atoms with Gasteiger partial charge in [-0.2, -0.15) is 0 Å².